The molecular weight excluding hydrogens is 434 g/mol. The van der Waals surface area contributed by atoms with Crippen LogP contribution in [0.2, 0.25) is 0 Å². The average molecular weight is 462 g/mol. The Labute approximate surface area is 198 Å². The topological polar surface area (TPSA) is 84.1 Å². The van der Waals surface area contributed by atoms with Crippen molar-refractivity contribution in [1.29, 1.82) is 5.26 Å². The zero-order chi connectivity index (χ0) is 24.4. The molecule has 170 valence electrons. The molecule has 3 aromatic rings. The Morgan fingerprint density at radius 1 is 1.06 bits per heavy atom. The summed E-state index contributed by atoms with van der Waals surface area (Å²) >= 11 is 1.51. The molecule has 1 N–H and O–H groups in total. The van der Waals surface area contributed by atoms with Crippen molar-refractivity contribution in [3.8, 4) is 11.1 Å². The lowest BCUT2D eigenvalue weighted by molar-refractivity contribution is -0.112. The van der Waals surface area contributed by atoms with Crippen molar-refractivity contribution in [1.82, 2.24) is 4.57 Å². The van der Waals surface area contributed by atoms with Crippen LogP contribution < -0.4 is 5.32 Å². The fourth-order valence-corrected chi connectivity index (χ4v) is 5.16. The van der Waals surface area contributed by atoms with E-state index in [2.05, 4.69) is 5.32 Å². The first kappa shape index (κ1) is 24.0. The Morgan fingerprint density at radius 3 is 2.27 bits per heavy atom. The molecule has 0 aliphatic carbocycles. The van der Waals surface area contributed by atoms with Gasteiger partial charge in [-0.05, 0) is 88.1 Å². The first-order valence-electron chi connectivity index (χ1n) is 10.5. The molecule has 1 aromatic carbocycles. The van der Waals surface area contributed by atoms with Gasteiger partial charge in [0.2, 0.25) is 0 Å². The smallest absolute Gasteiger partial charge is 0.341 e. The van der Waals surface area contributed by atoms with E-state index in [0.717, 1.165) is 43.5 Å². The molecule has 7 heteroatoms. The first-order valence-corrected chi connectivity index (χ1v) is 11.3. The maximum Gasteiger partial charge on any atom is 0.341 e. The van der Waals surface area contributed by atoms with Crippen molar-refractivity contribution >= 4 is 35.0 Å². The summed E-state index contributed by atoms with van der Waals surface area (Å²) in [6.45, 7) is 11.6. The molecule has 0 radical (unpaired) electrons. The molecule has 0 aliphatic heterocycles. The zero-order valence-corrected chi connectivity index (χ0v) is 20.7. The maximum atomic E-state index is 12.8. The van der Waals surface area contributed by atoms with Gasteiger partial charge in [0.05, 0.1) is 12.7 Å². The van der Waals surface area contributed by atoms with Gasteiger partial charge in [-0.3, -0.25) is 4.79 Å². The second-order valence-corrected chi connectivity index (χ2v) is 9.32. The zero-order valence-electron chi connectivity index (χ0n) is 19.9. The number of carbonyl (C=O) groups is 2. The molecule has 0 aliphatic rings. The summed E-state index contributed by atoms with van der Waals surface area (Å²) in [4.78, 5) is 26.3. The monoisotopic (exact) mass is 461 g/mol. The molecule has 0 unspecified atom stereocenters. The first-order chi connectivity index (χ1) is 15.6. The van der Waals surface area contributed by atoms with Crippen molar-refractivity contribution < 1.29 is 14.3 Å². The second kappa shape index (κ2) is 9.47. The number of anilines is 1. The average Bonchev–Trinajstić information content (AvgIpc) is 3.18. The van der Waals surface area contributed by atoms with E-state index in [1.54, 1.807) is 6.08 Å². The number of rotatable bonds is 5. The summed E-state index contributed by atoms with van der Waals surface area (Å²) in [5.74, 6) is -0.854. The number of benzene rings is 1. The Kier molecular flexibility index (Phi) is 6.89. The number of nitrogens with one attached hydrogen (secondary N) is 1. The van der Waals surface area contributed by atoms with E-state index in [4.69, 9.17) is 4.74 Å². The van der Waals surface area contributed by atoms with Crippen molar-refractivity contribution in [3.63, 3.8) is 0 Å². The van der Waals surface area contributed by atoms with Gasteiger partial charge in [0, 0.05) is 22.0 Å². The van der Waals surface area contributed by atoms with Crippen molar-refractivity contribution in [2.75, 3.05) is 12.4 Å². The van der Waals surface area contributed by atoms with Crippen molar-refractivity contribution in [2.24, 2.45) is 0 Å². The third kappa shape index (κ3) is 4.76. The minimum Gasteiger partial charge on any atom is -0.465 e. The molecule has 0 atom stereocenters. The van der Waals surface area contributed by atoms with Gasteiger partial charge < -0.3 is 14.6 Å². The Balaban J connectivity index is 2.03. The molecule has 0 saturated carbocycles. The second-order valence-electron chi connectivity index (χ2n) is 8.12. The lowest BCUT2D eigenvalue weighted by atomic mass is 10.1. The molecule has 6 nitrogen and oxygen atoms in total. The number of nitrogens with zero attached hydrogens (tertiary/aromatic N) is 2. The molecule has 2 heterocycles. The number of ether oxygens (including phenoxy) is 1. The van der Waals surface area contributed by atoms with Crippen LogP contribution in [-0.4, -0.2) is 23.6 Å². The lowest BCUT2D eigenvalue weighted by Crippen LogP contribution is -2.13. The molecular formula is C26H27N3O3S. The normalized spacial score (nSPS) is 11.3. The van der Waals surface area contributed by atoms with Crippen LogP contribution in [0.3, 0.4) is 0 Å². The van der Waals surface area contributed by atoms with Crippen LogP contribution in [0.4, 0.5) is 5.69 Å². The van der Waals surface area contributed by atoms with Gasteiger partial charge in [0.25, 0.3) is 5.91 Å². The van der Waals surface area contributed by atoms with Crippen LogP contribution in [0.5, 0.6) is 0 Å². The molecule has 0 bridgehead atoms. The number of aromatic nitrogens is 1. The number of esters is 1. The highest BCUT2D eigenvalue weighted by molar-refractivity contribution is 7.15. The highest BCUT2D eigenvalue weighted by Crippen LogP contribution is 2.35. The van der Waals surface area contributed by atoms with Gasteiger partial charge in [0.1, 0.15) is 16.6 Å². The predicted molar refractivity (Wildman–Crippen MR) is 132 cm³/mol. The van der Waals surface area contributed by atoms with Crippen LogP contribution >= 0.6 is 11.3 Å². The highest BCUT2D eigenvalue weighted by atomic mass is 32.1. The van der Waals surface area contributed by atoms with Crippen molar-refractivity contribution in [2.45, 2.75) is 41.5 Å². The van der Waals surface area contributed by atoms with Gasteiger partial charge in [-0.25, -0.2) is 4.79 Å². The Bertz CT molecular complexity index is 1320. The standard InChI is InChI=1S/C26H27N3O3S/c1-14-8-15(2)10-22(9-14)28-24(30)21(13-27)12-20-11-16(3)29(18(20)5)25-23(26(31)32-7)17(4)19(6)33-25/h8-12H,1-7H3,(H,28,30)/b21-12+. The van der Waals surface area contributed by atoms with Gasteiger partial charge in [-0.1, -0.05) is 6.07 Å². The number of hydrogen-bond donors (Lipinski definition) is 1. The summed E-state index contributed by atoms with van der Waals surface area (Å²) in [6.07, 6.45) is 1.59. The molecule has 33 heavy (non-hydrogen) atoms. The number of hydrogen-bond acceptors (Lipinski definition) is 5. The third-order valence-electron chi connectivity index (χ3n) is 5.57. The van der Waals surface area contributed by atoms with Gasteiger partial charge in [0.15, 0.2) is 0 Å². The SMILES string of the molecule is COC(=O)c1c(-n2c(C)cc(/C=C(\C#N)C(=O)Nc3cc(C)cc(C)c3)c2C)sc(C)c1C. The molecule has 2 aromatic heterocycles. The minimum atomic E-state index is -0.467. The quantitative estimate of drug-likeness (QED) is 0.299. The van der Waals surface area contributed by atoms with E-state index in [9.17, 15) is 14.9 Å². The molecule has 0 spiro atoms. The largest absolute Gasteiger partial charge is 0.465 e. The van der Waals surface area contributed by atoms with Gasteiger partial charge in [-0.15, -0.1) is 11.3 Å². The minimum absolute atomic E-state index is 0.00106. The number of amides is 1. The lowest BCUT2D eigenvalue weighted by Gasteiger charge is -2.10. The summed E-state index contributed by atoms with van der Waals surface area (Å²) in [6, 6.07) is 9.66. The van der Waals surface area contributed by atoms with E-state index in [-0.39, 0.29) is 11.5 Å². The highest BCUT2D eigenvalue weighted by Gasteiger charge is 2.24. The summed E-state index contributed by atoms with van der Waals surface area (Å²) < 4.78 is 6.98. The van der Waals surface area contributed by atoms with E-state index in [1.165, 1.54) is 18.4 Å². The molecule has 1 amide bonds. The van der Waals surface area contributed by atoms with Crippen LogP contribution in [-0.2, 0) is 9.53 Å². The van der Waals surface area contributed by atoms with Crippen LogP contribution in [0, 0.1) is 52.9 Å². The van der Waals surface area contributed by atoms with Crippen LogP contribution in [0.1, 0.15) is 48.9 Å². The predicted octanol–water partition coefficient (Wildman–Crippen LogP) is 5.72. The fraction of sp³-hybridized carbons (Fsp3) is 0.269. The number of methoxy groups -OCH3 is 1. The third-order valence-corrected chi connectivity index (χ3v) is 6.77. The summed E-state index contributed by atoms with van der Waals surface area (Å²) in [5, 5.41) is 13.3. The Hall–Kier alpha value is -3.63. The summed E-state index contributed by atoms with van der Waals surface area (Å²) in [5.41, 5.74) is 6.57. The van der Waals surface area contributed by atoms with Crippen LogP contribution in [0.15, 0.2) is 29.8 Å². The van der Waals surface area contributed by atoms with Crippen LogP contribution in [0.25, 0.3) is 11.1 Å². The number of thiophene rings is 1. The van der Waals surface area contributed by atoms with Gasteiger partial charge in [-0.2, -0.15) is 5.26 Å². The van der Waals surface area contributed by atoms with E-state index < -0.39 is 5.91 Å². The Morgan fingerprint density at radius 2 is 1.70 bits per heavy atom. The number of aryl methyl sites for hydroxylation is 4. The van der Waals surface area contributed by atoms with Crippen molar-refractivity contribution in [3.05, 3.63) is 73.9 Å². The summed E-state index contributed by atoms with van der Waals surface area (Å²) in [7, 11) is 1.37. The number of carbonyl (C=O) groups excluding carboxylic acids is 2. The maximum absolute atomic E-state index is 12.8. The molecule has 0 fully saturated rings. The van der Waals surface area contributed by atoms with E-state index in [0.29, 0.717) is 11.3 Å². The molecule has 0 saturated heterocycles. The fourth-order valence-electron chi connectivity index (χ4n) is 3.90. The van der Waals surface area contributed by atoms with E-state index in [1.807, 2.05) is 76.4 Å². The van der Waals surface area contributed by atoms with E-state index >= 15 is 0 Å². The number of nitriles is 1. The molecule has 3 rings (SSSR count). The van der Waals surface area contributed by atoms with Gasteiger partial charge >= 0.3 is 5.97 Å².